The highest BCUT2D eigenvalue weighted by Gasteiger charge is 2.02. The van der Waals surface area contributed by atoms with E-state index < -0.39 is 0 Å². The van der Waals surface area contributed by atoms with Crippen molar-refractivity contribution in [1.82, 2.24) is 10.2 Å². The molecule has 0 unspecified atom stereocenters. The van der Waals surface area contributed by atoms with E-state index in [1.165, 1.54) is 12.2 Å². The lowest BCUT2D eigenvalue weighted by Crippen LogP contribution is -2.21. The summed E-state index contributed by atoms with van der Waals surface area (Å²) in [6.07, 6.45) is 3.38. The van der Waals surface area contributed by atoms with Crippen LogP contribution >= 0.6 is 0 Å². The Morgan fingerprint density at radius 2 is 2.38 bits per heavy atom. The van der Waals surface area contributed by atoms with Crippen molar-refractivity contribution < 1.29 is 0 Å². The Kier molecular flexibility index (Phi) is 1.42. The molecule has 0 amide bonds. The Bertz CT molecular complexity index is 105. The second-order valence-electron chi connectivity index (χ2n) is 2.20. The molecule has 8 heavy (non-hydrogen) atoms. The van der Waals surface area contributed by atoms with E-state index >= 15 is 0 Å². The highest BCUT2D eigenvalue weighted by molar-refractivity contribution is 5.02. The molecule has 0 aromatic rings. The molecule has 46 valence electrons. The standard InChI is InChI=1S/C6H12N2/c1-8(2)6-4-3-5-7-6/h4,7H,3,5H2,1-2H3. The van der Waals surface area contributed by atoms with E-state index in [1.54, 1.807) is 0 Å². The van der Waals surface area contributed by atoms with Gasteiger partial charge in [-0.1, -0.05) is 0 Å². The van der Waals surface area contributed by atoms with Gasteiger partial charge >= 0.3 is 0 Å². The lowest BCUT2D eigenvalue weighted by atomic mass is 10.5. The van der Waals surface area contributed by atoms with Crippen LogP contribution in [0.4, 0.5) is 0 Å². The first-order valence-corrected chi connectivity index (χ1v) is 2.92. The molecule has 1 N–H and O–H groups in total. The van der Waals surface area contributed by atoms with Gasteiger partial charge in [-0.25, -0.2) is 0 Å². The van der Waals surface area contributed by atoms with Gasteiger partial charge in [0.05, 0.1) is 5.82 Å². The van der Waals surface area contributed by atoms with Crippen molar-refractivity contribution in [3.63, 3.8) is 0 Å². The maximum Gasteiger partial charge on any atom is 0.0967 e. The summed E-state index contributed by atoms with van der Waals surface area (Å²) < 4.78 is 0. The van der Waals surface area contributed by atoms with Crippen LogP contribution in [0.5, 0.6) is 0 Å². The summed E-state index contributed by atoms with van der Waals surface area (Å²) in [6, 6.07) is 0. The molecule has 0 aromatic carbocycles. The SMILES string of the molecule is CN(C)C1=CCCN1. The quantitative estimate of drug-likeness (QED) is 0.527. The fraction of sp³-hybridized carbons (Fsp3) is 0.667. The van der Waals surface area contributed by atoms with Gasteiger partial charge in [0.2, 0.25) is 0 Å². The van der Waals surface area contributed by atoms with Gasteiger partial charge in [-0.2, -0.15) is 0 Å². The molecule has 1 rings (SSSR count). The van der Waals surface area contributed by atoms with Crippen LogP contribution in [0.2, 0.25) is 0 Å². The van der Waals surface area contributed by atoms with E-state index in [9.17, 15) is 0 Å². The van der Waals surface area contributed by atoms with Gasteiger partial charge in [0.1, 0.15) is 0 Å². The molecule has 0 fully saturated rings. The zero-order valence-corrected chi connectivity index (χ0v) is 5.44. The summed E-state index contributed by atoms with van der Waals surface area (Å²) in [5, 5.41) is 3.24. The number of nitrogens with one attached hydrogen (secondary N) is 1. The van der Waals surface area contributed by atoms with Crippen LogP contribution in [0.25, 0.3) is 0 Å². The third-order valence-electron chi connectivity index (χ3n) is 1.27. The second-order valence-corrected chi connectivity index (χ2v) is 2.20. The Morgan fingerprint density at radius 1 is 1.62 bits per heavy atom. The molecule has 0 saturated heterocycles. The minimum atomic E-state index is 1.10. The second kappa shape index (κ2) is 2.07. The van der Waals surface area contributed by atoms with Gasteiger partial charge < -0.3 is 10.2 Å². The summed E-state index contributed by atoms with van der Waals surface area (Å²) >= 11 is 0. The Hall–Kier alpha value is -0.660. The minimum Gasteiger partial charge on any atom is -0.372 e. The zero-order chi connectivity index (χ0) is 5.98. The first-order valence-electron chi connectivity index (χ1n) is 2.92. The van der Waals surface area contributed by atoms with Crippen molar-refractivity contribution in [2.75, 3.05) is 20.6 Å². The van der Waals surface area contributed by atoms with Crippen molar-refractivity contribution in [3.05, 3.63) is 11.9 Å². The van der Waals surface area contributed by atoms with Crippen molar-refractivity contribution in [2.45, 2.75) is 6.42 Å². The van der Waals surface area contributed by atoms with Crippen molar-refractivity contribution in [2.24, 2.45) is 0 Å². The Labute approximate surface area is 50.2 Å². The Balaban J connectivity index is 2.45. The first-order chi connectivity index (χ1) is 3.80. The fourth-order valence-electron chi connectivity index (χ4n) is 0.822. The zero-order valence-electron chi connectivity index (χ0n) is 5.44. The van der Waals surface area contributed by atoms with E-state index in [0.717, 1.165) is 6.54 Å². The summed E-state index contributed by atoms with van der Waals surface area (Å²) in [4.78, 5) is 2.09. The Morgan fingerprint density at radius 3 is 2.62 bits per heavy atom. The van der Waals surface area contributed by atoms with E-state index in [2.05, 4.69) is 16.3 Å². The van der Waals surface area contributed by atoms with E-state index in [-0.39, 0.29) is 0 Å². The number of rotatable bonds is 1. The van der Waals surface area contributed by atoms with Gasteiger partial charge in [-0.3, -0.25) is 0 Å². The highest BCUT2D eigenvalue weighted by atomic mass is 15.2. The molecule has 2 heteroatoms. The molecule has 1 aliphatic heterocycles. The molecular weight excluding hydrogens is 100 g/mol. The third-order valence-corrected chi connectivity index (χ3v) is 1.27. The van der Waals surface area contributed by atoms with Crippen LogP contribution in [0.3, 0.4) is 0 Å². The number of hydrogen-bond acceptors (Lipinski definition) is 2. The van der Waals surface area contributed by atoms with E-state index in [1.807, 2.05) is 14.1 Å². The topological polar surface area (TPSA) is 15.3 Å². The smallest absolute Gasteiger partial charge is 0.0967 e. The van der Waals surface area contributed by atoms with Crippen molar-refractivity contribution >= 4 is 0 Å². The number of hydrogen-bond donors (Lipinski definition) is 1. The van der Waals surface area contributed by atoms with Crippen molar-refractivity contribution in [1.29, 1.82) is 0 Å². The molecule has 0 radical (unpaired) electrons. The lowest BCUT2D eigenvalue weighted by Gasteiger charge is -2.13. The summed E-state index contributed by atoms with van der Waals surface area (Å²) in [7, 11) is 4.09. The van der Waals surface area contributed by atoms with Crippen LogP contribution < -0.4 is 5.32 Å². The maximum atomic E-state index is 3.24. The van der Waals surface area contributed by atoms with Crippen LogP contribution in [0.15, 0.2) is 11.9 Å². The van der Waals surface area contributed by atoms with Crippen LogP contribution in [0.1, 0.15) is 6.42 Å². The normalized spacial score (nSPS) is 17.5. The van der Waals surface area contributed by atoms with Crippen LogP contribution in [0, 0.1) is 0 Å². The first kappa shape index (κ1) is 5.48. The lowest BCUT2D eigenvalue weighted by molar-refractivity contribution is 0.477. The summed E-state index contributed by atoms with van der Waals surface area (Å²) in [6.45, 7) is 1.10. The number of nitrogens with zero attached hydrogens (tertiary/aromatic N) is 1. The molecule has 0 bridgehead atoms. The van der Waals surface area contributed by atoms with Crippen LogP contribution in [-0.2, 0) is 0 Å². The molecule has 0 atom stereocenters. The third kappa shape index (κ3) is 0.941. The van der Waals surface area contributed by atoms with Gasteiger partial charge in [0.25, 0.3) is 0 Å². The molecule has 0 aromatic heterocycles. The average Bonchev–Trinajstić information content (AvgIpc) is 2.12. The van der Waals surface area contributed by atoms with Gasteiger partial charge in [-0.05, 0) is 12.5 Å². The van der Waals surface area contributed by atoms with Gasteiger partial charge in [0, 0.05) is 20.6 Å². The average molecular weight is 112 g/mol. The van der Waals surface area contributed by atoms with E-state index in [0.29, 0.717) is 0 Å². The molecule has 0 spiro atoms. The predicted octanol–water partition coefficient (Wildman–Crippen LogP) is 0.383. The summed E-state index contributed by atoms with van der Waals surface area (Å²) in [5.74, 6) is 1.25. The van der Waals surface area contributed by atoms with Gasteiger partial charge in [-0.15, -0.1) is 0 Å². The largest absolute Gasteiger partial charge is 0.372 e. The monoisotopic (exact) mass is 112 g/mol. The van der Waals surface area contributed by atoms with E-state index in [4.69, 9.17) is 0 Å². The molecular formula is C6H12N2. The maximum absolute atomic E-state index is 3.24. The summed E-state index contributed by atoms with van der Waals surface area (Å²) in [5.41, 5.74) is 0. The predicted molar refractivity (Wildman–Crippen MR) is 34.4 cm³/mol. The molecule has 1 heterocycles. The molecule has 2 nitrogen and oxygen atoms in total. The van der Waals surface area contributed by atoms with Crippen LogP contribution in [-0.4, -0.2) is 25.5 Å². The van der Waals surface area contributed by atoms with Gasteiger partial charge in [0.15, 0.2) is 0 Å². The highest BCUT2D eigenvalue weighted by Crippen LogP contribution is 2.01. The molecule has 0 aliphatic carbocycles. The molecule has 0 saturated carbocycles. The fourth-order valence-corrected chi connectivity index (χ4v) is 0.822. The molecule has 1 aliphatic rings. The minimum absolute atomic E-state index is 1.10. The van der Waals surface area contributed by atoms with Crippen molar-refractivity contribution in [3.8, 4) is 0 Å².